The van der Waals surface area contributed by atoms with Crippen LogP contribution >= 0.6 is 27.5 Å². The lowest BCUT2D eigenvalue weighted by molar-refractivity contribution is -0.134. The molecule has 0 radical (unpaired) electrons. The zero-order chi connectivity index (χ0) is 28.5. The summed E-state index contributed by atoms with van der Waals surface area (Å²) < 4.78 is 1.08. The molecule has 9 heteroatoms. The van der Waals surface area contributed by atoms with Crippen LogP contribution in [-0.4, -0.2) is 70.9 Å². The summed E-state index contributed by atoms with van der Waals surface area (Å²) in [5.74, 6) is 2.06. The maximum atomic E-state index is 13.1. The van der Waals surface area contributed by atoms with Crippen LogP contribution in [0.3, 0.4) is 0 Å². The first-order valence-electron chi connectivity index (χ1n) is 15.3. The van der Waals surface area contributed by atoms with Crippen molar-refractivity contribution in [1.82, 2.24) is 19.7 Å². The van der Waals surface area contributed by atoms with Crippen LogP contribution in [0.15, 0.2) is 34.9 Å². The van der Waals surface area contributed by atoms with Gasteiger partial charge in [-0.25, -0.2) is 4.79 Å². The van der Waals surface area contributed by atoms with E-state index in [2.05, 4.69) is 43.9 Å². The Bertz CT molecular complexity index is 1270. The highest BCUT2D eigenvalue weighted by molar-refractivity contribution is 9.10. The predicted octanol–water partition coefficient (Wildman–Crippen LogP) is 5.82. The van der Waals surface area contributed by atoms with Gasteiger partial charge < -0.3 is 15.5 Å². The molecule has 3 amide bonds. The Labute approximate surface area is 256 Å². The molecule has 4 heterocycles. The van der Waals surface area contributed by atoms with Crippen LogP contribution in [0, 0.1) is 17.8 Å². The summed E-state index contributed by atoms with van der Waals surface area (Å²) in [7, 11) is 0. The van der Waals surface area contributed by atoms with E-state index >= 15 is 0 Å². The van der Waals surface area contributed by atoms with Crippen LogP contribution in [0.5, 0.6) is 0 Å². The maximum absolute atomic E-state index is 13.1. The number of likely N-dealkylation sites (tertiary alicyclic amines) is 3. The Morgan fingerprint density at radius 2 is 1.54 bits per heavy atom. The summed E-state index contributed by atoms with van der Waals surface area (Å²) in [6.45, 7) is 5.22. The van der Waals surface area contributed by atoms with Gasteiger partial charge in [0, 0.05) is 48.3 Å². The number of piperidine rings is 3. The Morgan fingerprint density at radius 1 is 0.902 bits per heavy atom. The number of benzene rings is 1. The number of aromatic nitrogens is 1. The number of nitrogens with two attached hydrogens (primary N) is 1. The first-order valence-corrected chi connectivity index (χ1v) is 16.5. The van der Waals surface area contributed by atoms with Gasteiger partial charge in [0.05, 0.1) is 11.7 Å². The molecule has 0 spiro atoms. The first-order chi connectivity index (χ1) is 19.9. The number of halogens is 2. The van der Waals surface area contributed by atoms with Crippen LogP contribution in [0.25, 0.3) is 0 Å². The summed E-state index contributed by atoms with van der Waals surface area (Å²) >= 11 is 10.3. The zero-order valence-electron chi connectivity index (χ0n) is 23.7. The topological polar surface area (TPSA) is 82.8 Å². The van der Waals surface area contributed by atoms with Gasteiger partial charge in [0.1, 0.15) is 0 Å². The number of pyridine rings is 1. The number of carbonyl (C=O) groups is 2. The minimum atomic E-state index is -0.346. The van der Waals surface area contributed by atoms with Crippen LogP contribution < -0.4 is 5.73 Å². The summed E-state index contributed by atoms with van der Waals surface area (Å²) in [6.07, 6.45) is 10.9. The second-order valence-electron chi connectivity index (χ2n) is 12.5. The van der Waals surface area contributed by atoms with Gasteiger partial charge in [-0.2, -0.15) is 0 Å². The molecule has 3 fully saturated rings. The lowest BCUT2D eigenvalue weighted by atomic mass is 9.78. The summed E-state index contributed by atoms with van der Waals surface area (Å²) in [5.41, 5.74) is 10.6. The molecular formula is C32H41BrClN5O2. The van der Waals surface area contributed by atoms with E-state index in [-0.39, 0.29) is 12.1 Å². The zero-order valence-corrected chi connectivity index (χ0v) is 26.1. The van der Waals surface area contributed by atoms with E-state index in [1.807, 2.05) is 12.3 Å². The average molecular weight is 643 g/mol. The average Bonchev–Trinajstić information content (AvgIpc) is 3.15. The molecular weight excluding hydrogens is 602 g/mol. The number of urea groups is 1. The van der Waals surface area contributed by atoms with E-state index in [0.29, 0.717) is 43.2 Å². The molecule has 41 heavy (non-hydrogen) atoms. The van der Waals surface area contributed by atoms with Gasteiger partial charge in [-0.3, -0.25) is 14.7 Å². The lowest BCUT2D eigenvalue weighted by Crippen LogP contribution is -2.45. The molecule has 1 unspecified atom stereocenters. The molecule has 3 saturated heterocycles. The van der Waals surface area contributed by atoms with Crippen molar-refractivity contribution in [2.45, 2.75) is 63.8 Å². The fraction of sp³-hybridized carbons (Fsp3) is 0.594. The Kier molecular flexibility index (Phi) is 8.89. The van der Waals surface area contributed by atoms with Gasteiger partial charge in [0.25, 0.3) is 0 Å². The van der Waals surface area contributed by atoms with Crippen molar-refractivity contribution < 1.29 is 9.59 Å². The highest BCUT2D eigenvalue weighted by Gasteiger charge is 2.37. The molecule has 220 valence electrons. The van der Waals surface area contributed by atoms with Gasteiger partial charge in [0.2, 0.25) is 5.91 Å². The van der Waals surface area contributed by atoms with Crippen molar-refractivity contribution in [3.05, 3.63) is 62.3 Å². The predicted molar refractivity (Wildman–Crippen MR) is 165 cm³/mol. The van der Waals surface area contributed by atoms with Gasteiger partial charge in [-0.1, -0.05) is 33.6 Å². The molecule has 1 aromatic heterocycles. The van der Waals surface area contributed by atoms with Gasteiger partial charge >= 0.3 is 6.03 Å². The molecule has 1 aliphatic carbocycles. The van der Waals surface area contributed by atoms with Crippen molar-refractivity contribution in [1.29, 1.82) is 0 Å². The fourth-order valence-corrected chi connectivity index (χ4v) is 8.91. The van der Waals surface area contributed by atoms with Gasteiger partial charge in [0.15, 0.2) is 0 Å². The lowest BCUT2D eigenvalue weighted by Gasteiger charge is -2.43. The quantitative estimate of drug-likeness (QED) is 0.456. The standard InChI is InChI=1S/C32H41BrClN5O2/c33-27-20-26(34)19-25-4-3-24-2-1-11-36-30(24)31(29(25)27)38-16-9-23(10-17-38)22-7-14-37(15-8-22)28(40)18-21-5-12-39(13-6-21)32(35)41/h1-2,11,19-23,31H,3-10,12-18H2,(H2,35,41). The first kappa shape index (κ1) is 28.9. The number of nitrogens with zero attached hydrogens (tertiary/aromatic N) is 4. The number of hydrogen-bond acceptors (Lipinski definition) is 4. The van der Waals surface area contributed by atoms with Gasteiger partial charge in [-0.15, -0.1) is 0 Å². The van der Waals surface area contributed by atoms with E-state index in [9.17, 15) is 9.59 Å². The number of fused-ring (bicyclic) bond motifs is 2. The van der Waals surface area contributed by atoms with E-state index in [1.54, 1.807) is 4.90 Å². The van der Waals surface area contributed by atoms with Crippen LogP contribution in [0.2, 0.25) is 5.02 Å². The molecule has 0 saturated carbocycles. The van der Waals surface area contributed by atoms with Crippen molar-refractivity contribution in [2.24, 2.45) is 23.5 Å². The van der Waals surface area contributed by atoms with E-state index < -0.39 is 0 Å². The normalized spacial score (nSPS) is 23.1. The summed E-state index contributed by atoms with van der Waals surface area (Å²) in [5, 5.41) is 0.783. The molecule has 1 atom stereocenters. The van der Waals surface area contributed by atoms with Crippen molar-refractivity contribution >= 4 is 39.5 Å². The van der Waals surface area contributed by atoms with E-state index in [4.69, 9.17) is 22.3 Å². The Balaban J connectivity index is 1.05. The third kappa shape index (κ3) is 6.30. The smallest absolute Gasteiger partial charge is 0.314 e. The molecule has 4 aliphatic rings. The number of hydrogen-bond donors (Lipinski definition) is 1. The van der Waals surface area contributed by atoms with E-state index in [0.717, 1.165) is 74.2 Å². The number of rotatable bonds is 4. The SMILES string of the molecule is NC(=O)N1CCC(CC(=O)N2CCC(C3CCN(C4c5ncccc5CCc5cc(Cl)cc(Br)c54)CC3)CC2)CC1. The summed E-state index contributed by atoms with van der Waals surface area (Å²) in [4.78, 5) is 35.8. The van der Waals surface area contributed by atoms with Crippen molar-refractivity contribution in [2.75, 3.05) is 39.3 Å². The molecule has 7 nitrogen and oxygen atoms in total. The monoisotopic (exact) mass is 641 g/mol. The highest BCUT2D eigenvalue weighted by Crippen LogP contribution is 2.43. The largest absolute Gasteiger partial charge is 0.351 e. The third-order valence-electron chi connectivity index (χ3n) is 10.2. The molecule has 2 N–H and O–H groups in total. The summed E-state index contributed by atoms with van der Waals surface area (Å²) in [6, 6.07) is 8.28. The molecule has 3 aliphatic heterocycles. The minimum absolute atomic E-state index is 0.144. The second kappa shape index (κ2) is 12.6. The third-order valence-corrected chi connectivity index (χ3v) is 11.1. The van der Waals surface area contributed by atoms with Crippen molar-refractivity contribution in [3.8, 4) is 0 Å². The van der Waals surface area contributed by atoms with Gasteiger partial charge in [-0.05, 0) is 117 Å². The van der Waals surface area contributed by atoms with Crippen LogP contribution in [0.4, 0.5) is 4.79 Å². The fourth-order valence-electron chi connectivity index (χ4n) is 7.82. The van der Waals surface area contributed by atoms with Crippen molar-refractivity contribution in [3.63, 3.8) is 0 Å². The van der Waals surface area contributed by atoms with Crippen LogP contribution in [0.1, 0.15) is 73.4 Å². The number of aryl methyl sites for hydroxylation is 2. The Morgan fingerprint density at radius 3 is 2.22 bits per heavy atom. The van der Waals surface area contributed by atoms with E-state index in [1.165, 1.54) is 35.2 Å². The molecule has 6 rings (SSSR count). The minimum Gasteiger partial charge on any atom is -0.351 e. The number of carbonyl (C=O) groups excluding carboxylic acids is 2. The molecule has 2 aromatic rings. The van der Waals surface area contributed by atoms with Crippen LogP contribution in [-0.2, 0) is 17.6 Å². The number of primary amides is 1. The number of amides is 3. The highest BCUT2D eigenvalue weighted by atomic mass is 79.9. The Hall–Kier alpha value is -2.16. The second-order valence-corrected chi connectivity index (χ2v) is 13.8. The molecule has 1 aromatic carbocycles. The maximum Gasteiger partial charge on any atom is 0.314 e. The molecule has 0 bridgehead atoms.